The number of aryl methyl sites for hydroxylation is 1. The van der Waals surface area contributed by atoms with Crippen molar-refractivity contribution in [1.82, 2.24) is 0 Å². The van der Waals surface area contributed by atoms with Gasteiger partial charge in [0.05, 0.1) is 6.10 Å². The molecular weight excluding hydrogens is 136 g/mol. The van der Waals surface area contributed by atoms with Crippen LogP contribution in [-0.4, -0.2) is 7.11 Å². The molecule has 1 nitrogen and oxygen atoms in total. The van der Waals surface area contributed by atoms with Gasteiger partial charge in [0.2, 0.25) is 0 Å². The monoisotopic (exact) mass is 150 g/mol. The molecular formula is C10H14O. The van der Waals surface area contributed by atoms with E-state index in [-0.39, 0.29) is 6.10 Å². The molecule has 1 rings (SSSR count). The van der Waals surface area contributed by atoms with Crippen LogP contribution >= 0.6 is 0 Å². The normalized spacial score (nSPS) is 13.0. The van der Waals surface area contributed by atoms with E-state index < -0.39 is 0 Å². The van der Waals surface area contributed by atoms with Crippen molar-refractivity contribution in [1.29, 1.82) is 0 Å². The number of hydrogen-bond donors (Lipinski definition) is 0. The van der Waals surface area contributed by atoms with Gasteiger partial charge in [-0.1, -0.05) is 24.3 Å². The number of rotatable bonds is 2. The third kappa shape index (κ3) is 1.81. The van der Waals surface area contributed by atoms with Crippen LogP contribution in [-0.2, 0) is 4.74 Å². The summed E-state index contributed by atoms with van der Waals surface area (Å²) < 4.78 is 5.22. The van der Waals surface area contributed by atoms with Gasteiger partial charge < -0.3 is 4.74 Å². The smallest absolute Gasteiger partial charge is 0.0795 e. The van der Waals surface area contributed by atoms with Crippen molar-refractivity contribution in [3.8, 4) is 0 Å². The van der Waals surface area contributed by atoms with Crippen LogP contribution in [0.2, 0.25) is 0 Å². The molecule has 0 saturated carbocycles. The second-order valence-corrected chi connectivity index (χ2v) is 2.73. The summed E-state index contributed by atoms with van der Waals surface area (Å²) >= 11 is 0. The lowest BCUT2D eigenvalue weighted by Gasteiger charge is -2.11. The fraction of sp³-hybridized carbons (Fsp3) is 0.400. The Hall–Kier alpha value is -0.820. The molecule has 1 heteroatoms. The van der Waals surface area contributed by atoms with E-state index in [0.717, 1.165) is 0 Å². The zero-order chi connectivity index (χ0) is 8.27. The minimum absolute atomic E-state index is 0.205. The Morgan fingerprint density at radius 1 is 1.27 bits per heavy atom. The maximum atomic E-state index is 5.22. The molecule has 60 valence electrons. The highest BCUT2D eigenvalue weighted by atomic mass is 16.5. The molecule has 0 saturated heterocycles. The first-order chi connectivity index (χ1) is 5.25. The highest BCUT2D eigenvalue weighted by Gasteiger charge is 2.04. The van der Waals surface area contributed by atoms with Gasteiger partial charge in [-0.25, -0.2) is 0 Å². The fourth-order valence-electron chi connectivity index (χ4n) is 1.17. The molecule has 0 amide bonds. The minimum atomic E-state index is 0.205. The van der Waals surface area contributed by atoms with Gasteiger partial charge in [-0.2, -0.15) is 0 Å². The first-order valence-electron chi connectivity index (χ1n) is 3.84. The highest BCUT2D eigenvalue weighted by Crippen LogP contribution is 2.18. The average molecular weight is 150 g/mol. The zero-order valence-electron chi connectivity index (χ0n) is 7.29. The van der Waals surface area contributed by atoms with Crippen molar-refractivity contribution < 1.29 is 4.74 Å². The Kier molecular flexibility index (Phi) is 2.66. The second kappa shape index (κ2) is 3.54. The van der Waals surface area contributed by atoms with Crippen molar-refractivity contribution in [2.24, 2.45) is 0 Å². The summed E-state index contributed by atoms with van der Waals surface area (Å²) in [5.41, 5.74) is 2.57. The van der Waals surface area contributed by atoms with Crippen molar-refractivity contribution in [2.75, 3.05) is 7.11 Å². The van der Waals surface area contributed by atoms with Crippen molar-refractivity contribution in [2.45, 2.75) is 20.0 Å². The molecule has 0 aromatic heterocycles. The van der Waals surface area contributed by atoms with Crippen LogP contribution < -0.4 is 0 Å². The van der Waals surface area contributed by atoms with Gasteiger partial charge >= 0.3 is 0 Å². The molecule has 0 aliphatic rings. The molecule has 0 bridgehead atoms. The number of hydrogen-bond acceptors (Lipinski definition) is 1. The van der Waals surface area contributed by atoms with Crippen LogP contribution in [0.25, 0.3) is 0 Å². The summed E-state index contributed by atoms with van der Waals surface area (Å²) in [6, 6.07) is 8.29. The molecule has 1 aromatic carbocycles. The third-order valence-corrected chi connectivity index (χ3v) is 1.98. The summed E-state index contributed by atoms with van der Waals surface area (Å²) in [6.45, 7) is 4.16. The second-order valence-electron chi connectivity index (χ2n) is 2.73. The Morgan fingerprint density at radius 2 is 1.91 bits per heavy atom. The lowest BCUT2D eigenvalue weighted by atomic mass is 10.1. The van der Waals surface area contributed by atoms with Gasteiger partial charge in [0, 0.05) is 7.11 Å². The fourth-order valence-corrected chi connectivity index (χ4v) is 1.17. The van der Waals surface area contributed by atoms with Crippen LogP contribution in [0.1, 0.15) is 24.2 Å². The summed E-state index contributed by atoms with van der Waals surface area (Å²) in [5, 5.41) is 0. The van der Waals surface area contributed by atoms with Crippen LogP contribution in [0.15, 0.2) is 24.3 Å². The molecule has 0 aliphatic heterocycles. The van der Waals surface area contributed by atoms with Crippen molar-refractivity contribution in [3.05, 3.63) is 35.4 Å². The Bertz CT molecular complexity index is 230. The van der Waals surface area contributed by atoms with E-state index in [4.69, 9.17) is 4.74 Å². The highest BCUT2D eigenvalue weighted by molar-refractivity contribution is 5.27. The molecule has 1 aromatic rings. The Balaban J connectivity index is 2.93. The van der Waals surface area contributed by atoms with E-state index in [2.05, 4.69) is 26.0 Å². The average Bonchev–Trinajstić information content (AvgIpc) is 2.04. The van der Waals surface area contributed by atoms with Crippen molar-refractivity contribution in [3.63, 3.8) is 0 Å². The van der Waals surface area contributed by atoms with Gasteiger partial charge in [-0.3, -0.25) is 0 Å². The Labute approximate surface area is 68.0 Å². The van der Waals surface area contributed by atoms with Crippen LogP contribution in [0.5, 0.6) is 0 Å². The molecule has 0 heterocycles. The largest absolute Gasteiger partial charge is 0.377 e. The summed E-state index contributed by atoms with van der Waals surface area (Å²) in [4.78, 5) is 0. The van der Waals surface area contributed by atoms with Crippen LogP contribution in [0.3, 0.4) is 0 Å². The molecule has 11 heavy (non-hydrogen) atoms. The molecule has 1 unspecified atom stereocenters. The first-order valence-corrected chi connectivity index (χ1v) is 3.84. The van der Waals surface area contributed by atoms with E-state index in [0.29, 0.717) is 0 Å². The molecule has 0 spiro atoms. The van der Waals surface area contributed by atoms with E-state index >= 15 is 0 Å². The Morgan fingerprint density at radius 3 is 2.45 bits per heavy atom. The molecule has 0 radical (unpaired) electrons. The predicted octanol–water partition coefficient (Wildman–Crippen LogP) is 2.70. The quantitative estimate of drug-likeness (QED) is 0.629. The summed E-state index contributed by atoms with van der Waals surface area (Å²) in [6.07, 6.45) is 0.205. The van der Waals surface area contributed by atoms with E-state index in [9.17, 15) is 0 Å². The standard InChI is InChI=1S/C10H14O/c1-8-6-4-5-7-10(8)9(2)11-3/h4-7,9H,1-3H3. The third-order valence-electron chi connectivity index (χ3n) is 1.98. The number of benzene rings is 1. The predicted molar refractivity (Wildman–Crippen MR) is 46.6 cm³/mol. The van der Waals surface area contributed by atoms with E-state index in [1.165, 1.54) is 11.1 Å². The van der Waals surface area contributed by atoms with Gasteiger partial charge in [-0.05, 0) is 25.0 Å². The van der Waals surface area contributed by atoms with Crippen LogP contribution in [0, 0.1) is 6.92 Å². The van der Waals surface area contributed by atoms with Gasteiger partial charge in [-0.15, -0.1) is 0 Å². The number of methoxy groups -OCH3 is 1. The first kappa shape index (κ1) is 8.28. The maximum Gasteiger partial charge on any atom is 0.0795 e. The maximum absolute atomic E-state index is 5.22. The van der Waals surface area contributed by atoms with Crippen LogP contribution in [0.4, 0.5) is 0 Å². The lowest BCUT2D eigenvalue weighted by Crippen LogP contribution is -1.97. The summed E-state index contributed by atoms with van der Waals surface area (Å²) in [5.74, 6) is 0. The van der Waals surface area contributed by atoms with E-state index in [1.807, 2.05) is 12.1 Å². The number of ether oxygens (including phenoxy) is 1. The zero-order valence-corrected chi connectivity index (χ0v) is 7.29. The topological polar surface area (TPSA) is 9.23 Å². The van der Waals surface area contributed by atoms with Gasteiger partial charge in [0.1, 0.15) is 0 Å². The lowest BCUT2D eigenvalue weighted by molar-refractivity contribution is 0.119. The van der Waals surface area contributed by atoms with Gasteiger partial charge in [0.25, 0.3) is 0 Å². The SMILES string of the molecule is COC(C)c1ccccc1C. The van der Waals surface area contributed by atoms with Crippen molar-refractivity contribution >= 4 is 0 Å². The van der Waals surface area contributed by atoms with E-state index in [1.54, 1.807) is 7.11 Å². The molecule has 0 fully saturated rings. The molecule has 1 atom stereocenters. The molecule has 0 aliphatic carbocycles. The van der Waals surface area contributed by atoms with Gasteiger partial charge in [0.15, 0.2) is 0 Å². The molecule has 0 N–H and O–H groups in total. The minimum Gasteiger partial charge on any atom is -0.377 e. The summed E-state index contributed by atoms with van der Waals surface area (Å²) in [7, 11) is 1.73.